The van der Waals surface area contributed by atoms with Gasteiger partial charge in [0.2, 0.25) is 0 Å². The van der Waals surface area contributed by atoms with Crippen LogP contribution in [0.1, 0.15) is 32.5 Å². The molecule has 0 aliphatic carbocycles. The number of Topliss-reactive ketones (excluding diaryl/α,β-unsaturated/α-hetero) is 1. The van der Waals surface area contributed by atoms with Crippen LogP contribution in [0.15, 0.2) is 54.1 Å². The van der Waals surface area contributed by atoms with Crippen molar-refractivity contribution in [1.29, 1.82) is 0 Å². The summed E-state index contributed by atoms with van der Waals surface area (Å²) in [6, 6.07) is 12.3. The molecule has 35 heavy (non-hydrogen) atoms. The molecule has 9 nitrogen and oxygen atoms in total. The first kappa shape index (κ1) is 24.0. The molecule has 1 aliphatic heterocycles. The summed E-state index contributed by atoms with van der Waals surface area (Å²) in [7, 11) is 4.29. The molecule has 1 aliphatic rings. The van der Waals surface area contributed by atoms with Gasteiger partial charge in [0.1, 0.15) is 22.1 Å². The summed E-state index contributed by atoms with van der Waals surface area (Å²) in [4.78, 5) is 44.4. The quantitative estimate of drug-likeness (QED) is 0.238. The molecule has 1 atom stereocenters. The van der Waals surface area contributed by atoms with E-state index in [9.17, 15) is 19.5 Å². The van der Waals surface area contributed by atoms with E-state index in [1.165, 1.54) is 26.2 Å². The zero-order chi connectivity index (χ0) is 25.3. The van der Waals surface area contributed by atoms with Gasteiger partial charge >= 0.3 is 11.9 Å². The number of carbonyl (C=O) groups is 3. The molecule has 1 saturated heterocycles. The van der Waals surface area contributed by atoms with Crippen molar-refractivity contribution in [1.82, 2.24) is 4.98 Å². The van der Waals surface area contributed by atoms with Crippen LogP contribution in [0, 0.1) is 6.92 Å². The van der Waals surface area contributed by atoms with Gasteiger partial charge in [0.15, 0.2) is 5.13 Å². The van der Waals surface area contributed by atoms with Crippen molar-refractivity contribution < 1.29 is 33.7 Å². The molecule has 0 radical (unpaired) electrons. The Balaban J connectivity index is 1.91. The van der Waals surface area contributed by atoms with Crippen LogP contribution in [0.2, 0.25) is 0 Å². The maximum Gasteiger partial charge on any atom is 0.350 e. The Bertz CT molecular complexity index is 1330. The zero-order valence-electron chi connectivity index (χ0n) is 19.4. The first-order chi connectivity index (χ1) is 16.8. The van der Waals surface area contributed by atoms with Crippen LogP contribution in [0.25, 0.3) is 5.76 Å². The molecule has 1 fully saturated rings. The summed E-state index contributed by atoms with van der Waals surface area (Å²) in [6.45, 7) is 1.61. The molecular formula is C25H22N2O7S. The highest BCUT2D eigenvalue weighted by Gasteiger charge is 2.48. The molecule has 1 aromatic heterocycles. The molecular weight excluding hydrogens is 472 g/mol. The van der Waals surface area contributed by atoms with E-state index >= 15 is 0 Å². The van der Waals surface area contributed by atoms with Gasteiger partial charge in [-0.15, -0.1) is 0 Å². The van der Waals surface area contributed by atoms with E-state index in [4.69, 9.17) is 14.2 Å². The minimum Gasteiger partial charge on any atom is -0.507 e. The fourth-order valence-electron chi connectivity index (χ4n) is 3.80. The number of amides is 1. The summed E-state index contributed by atoms with van der Waals surface area (Å²) in [5.41, 5.74) is 1.15. The van der Waals surface area contributed by atoms with E-state index in [1.807, 2.05) is 0 Å². The molecule has 180 valence electrons. The van der Waals surface area contributed by atoms with E-state index in [2.05, 4.69) is 4.98 Å². The number of rotatable bonds is 6. The third-order valence-electron chi connectivity index (χ3n) is 5.60. The van der Waals surface area contributed by atoms with Crippen molar-refractivity contribution in [3.8, 4) is 11.5 Å². The van der Waals surface area contributed by atoms with Crippen molar-refractivity contribution in [3.05, 3.63) is 75.8 Å². The standard InChI is InChI=1S/C25H22N2O7S/c1-13-22(24(31)34-4)35-25(26-13)27-19(14-5-9-16(32-2)10-6-14)18(21(29)23(27)30)20(28)15-7-11-17(33-3)12-8-15/h5-12,19,28H,1-4H3/b20-18+/t19-/m0/s1. The minimum absolute atomic E-state index is 0.0993. The van der Waals surface area contributed by atoms with Crippen LogP contribution in [0.4, 0.5) is 5.13 Å². The SMILES string of the molecule is COC(=O)c1sc(N2C(=O)C(=O)/C(=C(/O)c3ccc(OC)cc3)[C@@H]2c2ccc(OC)cc2)nc1C. The van der Waals surface area contributed by atoms with Crippen molar-refractivity contribution in [2.24, 2.45) is 0 Å². The van der Waals surface area contributed by atoms with Crippen LogP contribution in [-0.4, -0.2) is 49.1 Å². The molecule has 0 spiro atoms. The fraction of sp³-hybridized carbons (Fsp3) is 0.200. The second-order valence-corrected chi connectivity index (χ2v) is 8.55. The normalized spacial score (nSPS) is 16.9. The second kappa shape index (κ2) is 9.59. The predicted octanol–water partition coefficient (Wildman–Crippen LogP) is 3.88. The van der Waals surface area contributed by atoms with Gasteiger partial charge in [-0.3, -0.25) is 14.5 Å². The lowest BCUT2D eigenvalue weighted by Crippen LogP contribution is -2.29. The molecule has 3 aromatic rings. The Labute approximate surface area is 205 Å². The summed E-state index contributed by atoms with van der Waals surface area (Å²) in [5.74, 6) is -1.52. The van der Waals surface area contributed by atoms with Gasteiger partial charge in [-0.25, -0.2) is 9.78 Å². The number of aromatic nitrogens is 1. The van der Waals surface area contributed by atoms with Crippen LogP contribution >= 0.6 is 11.3 Å². The predicted molar refractivity (Wildman–Crippen MR) is 129 cm³/mol. The first-order valence-electron chi connectivity index (χ1n) is 10.5. The number of anilines is 1. The number of aliphatic hydroxyl groups is 1. The third kappa shape index (κ3) is 4.24. The highest BCUT2D eigenvalue weighted by molar-refractivity contribution is 7.17. The van der Waals surface area contributed by atoms with Crippen molar-refractivity contribution in [3.63, 3.8) is 0 Å². The lowest BCUT2D eigenvalue weighted by Gasteiger charge is -2.23. The van der Waals surface area contributed by atoms with Gasteiger partial charge in [-0.05, 0) is 48.9 Å². The molecule has 2 aromatic carbocycles. The highest BCUT2D eigenvalue weighted by atomic mass is 32.1. The van der Waals surface area contributed by atoms with Gasteiger partial charge in [-0.2, -0.15) is 0 Å². The average Bonchev–Trinajstić information content (AvgIpc) is 3.39. The number of hydrogen-bond acceptors (Lipinski definition) is 9. The lowest BCUT2D eigenvalue weighted by molar-refractivity contribution is -0.132. The molecule has 0 saturated carbocycles. The number of ketones is 1. The fourth-order valence-corrected chi connectivity index (χ4v) is 4.81. The number of benzene rings is 2. The highest BCUT2D eigenvalue weighted by Crippen LogP contribution is 2.44. The van der Waals surface area contributed by atoms with Crippen molar-refractivity contribution in [2.45, 2.75) is 13.0 Å². The maximum absolute atomic E-state index is 13.3. The number of esters is 1. The van der Waals surface area contributed by atoms with Gasteiger partial charge in [0.25, 0.3) is 5.78 Å². The smallest absolute Gasteiger partial charge is 0.350 e. The number of methoxy groups -OCH3 is 3. The molecule has 0 bridgehead atoms. The number of aryl methyl sites for hydroxylation is 1. The average molecular weight is 495 g/mol. The summed E-state index contributed by atoms with van der Waals surface area (Å²) < 4.78 is 15.2. The van der Waals surface area contributed by atoms with Crippen molar-refractivity contribution >= 4 is 39.9 Å². The minimum atomic E-state index is -0.987. The van der Waals surface area contributed by atoms with Crippen LogP contribution in [0.5, 0.6) is 11.5 Å². The number of nitrogens with zero attached hydrogens (tertiary/aromatic N) is 2. The van der Waals surface area contributed by atoms with E-state index in [0.29, 0.717) is 28.3 Å². The van der Waals surface area contributed by atoms with Crippen LogP contribution in [-0.2, 0) is 14.3 Å². The number of aliphatic hydroxyl groups excluding tert-OH is 1. The Morgan fingerprint density at radius 3 is 2.09 bits per heavy atom. The third-order valence-corrected chi connectivity index (χ3v) is 6.74. The molecule has 1 N–H and O–H groups in total. The Morgan fingerprint density at radius 2 is 1.54 bits per heavy atom. The number of carbonyl (C=O) groups excluding carboxylic acids is 3. The molecule has 10 heteroatoms. The Hall–Kier alpha value is -4.18. The zero-order valence-corrected chi connectivity index (χ0v) is 20.2. The summed E-state index contributed by atoms with van der Waals surface area (Å²) >= 11 is 0.938. The van der Waals surface area contributed by atoms with Gasteiger partial charge < -0.3 is 19.3 Å². The van der Waals surface area contributed by atoms with Gasteiger partial charge in [0, 0.05) is 5.56 Å². The maximum atomic E-state index is 13.3. The number of thiazole rings is 1. The van der Waals surface area contributed by atoms with Crippen LogP contribution in [0.3, 0.4) is 0 Å². The van der Waals surface area contributed by atoms with E-state index < -0.39 is 23.7 Å². The molecule has 1 amide bonds. The van der Waals surface area contributed by atoms with E-state index in [-0.39, 0.29) is 21.3 Å². The summed E-state index contributed by atoms with van der Waals surface area (Å²) in [6.07, 6.45) is 0. The summed E-state index contributed by atoms with van der Waals surface area (Å²) in [5, 5.41) is 11.3. The molecule has 4 rings (SSSR count). The van der Waals surface area contributed by atoms with Crippen molar-refractivity contribution in [2.75, 3.05) is 26.2 Å². The second-order valence-electron chi connectivity index (χ2n) is 7.57. The van der Waals surface area contributed by atoms with Gasteiger partial charge in [-0.1, -0.05) is 23.5 Å². The van der Waals surface area contributed by atoms with E-state index in [0.717, 1.165) is 11.3 Å². The Morgan fingerprint density at radius 1 is 0.971 bits per heavy atom. The van der Waals surface area contributed by atoms with E-state index in [1.54, 1.807) is 55.5 Å². The molecule has 2 heterocycles. The van der Waals surface area contributed by atoms with Crippen LogP contribution < -0.4 is 14.4 Å². The Kier molecular flexibility index (Phi) is 6.57. The monoisotopic (exact) mass is 494 g/mol. The topological polar surface area (TPSA) is 115 Å². The molecule has 0 unspecified atom stereocenters. The van der Waals surface area contributed by atoms with Gasteiger partial charge in [0.05, 0.1) is 38.6 Å². The number of ether oxygens (including phenoxy) is 3. The largest absolute Gasteiger partial charge is 0.507 e. The lowest BCUT2D eigenvalue weighted by atomic mass is 9.95. The first-order valence-corrected chi connectivity index (χ1v) is 11.3. The number of hydrogen-bond donors (Lipinski definition) is 1.